The average molecular weight is 448 g/mol. The number of aromatic nitrogens is 3. The maximum atomic E-state index is 15.0. The fourth-order valence-electron chi connectivity index (χ4n) is 4.05. The van der Waals surface area contributed by atoms with Crippen LogP contribution in [0, 0.1) is 17.6 Å². The van der Waals surface area contributed by atoms with E-state index in [1.807, 2.05) is 0 Å². The molecule has 1 unspecified atom stereocenters. The third-order valence-corrected chi connectivity index (χ3v) is 6.14. The summed E-state index contributed by atoms with van der Waals surface area (Å²) >= 11 is 6.00. The third kappa shape index (κ3) is 4.26. The predicted octanol–water partition coefficient (Wildman–Crippen LogP) is 5.46. The van der Waals surface area contributed by atoms with Crippen molar-refractivity contribution in [2.75, 3.05) is 23.3 Å². The molecule has 0 amide bonds. The topological polar surface area (TPSA) is 53.9 Å². The number of nitrogens with one attached hydrogen (secondary N) is 1. The van der Waals surface area contributed by atoms with Crippen molar-refractivity contribution in [1.29, 1.82) is 0 Å². The first kappa shape index (κ1) is 20.3. The molecule has 0 spiro atoms. The molecule has 3 heterocycles. The summed E-state index contributed by atoms with van der Waals surface area (Å²) in [5.41, 5.74) is 1.22. The fraction of sp³-hybridized carbons (Fsp3) is 0.409. The standard InChI is InChI=1S/C22H21ClF3N5/c23-19-10-17-18(11-27-19)30-22(21(29-17)28-14-2-3-14)31-7-5-12(6-8-31)20(26)15-4-1-13(24)9-16(15)25/h1,4,9-12,14,20H,2-3,5-8H2,(H,28,29). The molecule has 31 heavy (non-hydrogen) atoms. The van der Waals surface area contributed by atoms with Crippen LogP contribution in [0.15, 0.2) is 30.5 Å². The molecule has 9 heteroatoms. The van der Waals surface area contributed by atoms with E-state index in [-0.39, 0.29) is 11.5 Å². The van der Waals surface area contributed by atoms with Crippen molar-refractivity contribution in [2.24, 2.45) is 5.92 Å². The highest BCUT2D eigenvalue weighted by Gasteiger charge is 2.32. The Morgan fingerprint density at radius 2 is 1.81 bits per heavy atom. The predicted molar refractivity (Wildman–Crippen MR) is 114 cm³/mol. The van der Waals surface area contributed by atoms with Gasteiger partial charge in [-0.25, -0.2) is 28.1 Å². The summed E-state index contributed by atoms with van der Waals surface area (Å²) in [6.45, 7) is 1.13. The van der Waals surface area contributed by atoms with Gasteiger partial charge < -0.3 is 10.2 Å². The number of fused-ring (bicyclic) bond motifs is 1. The van der Waals surface area contributed by atoms with Crippen LogP contribution in [0.5, 0.6) is 0 Å². The number of nitrogens with zero attached hydrogens (tertiary/aromatic N) is 4. The van der Waals surface area contributed by atoms with Crippen molar-refractivity contribution in [1.82, 2.24) is 15.0 Å². The minimum atomic E-state index is -1.47. The summed E-state index contributed by atoms with van der Waals surface area (Å²) in [5, 5.41) is 3.78. The normalized spacial score (nSPS) is 18.4. The molecule has 1 aliphatic heterocycles. The number of hydrogen-bond acceptors (Lipinski definition) is 5. The van der Waals surface area contributed by atoms with Gasteiger partial charge in [0.25, 0.3) is 0 Å². The summed E-state index contributed by atoms with van der Waals surface area (Å²) in [7, 11) is 0. The largest absolute Gasteiger partial charge is 0.364 e. The van der Waals surface area contributed by atoms with Crippen LogP contribution < -0.4 is 10.2 Å². The molecule has 5 nitrogen and oxygen atoms in total. The van der Waals surface area contributed by atoms with Crippen molar-refractivity contribution in [3.8, 4) is 0 Å². The highest BCUT2D eigenvalue weighted by molar-refractivity contribution is 6.29. The summed E-state index contributed by atoms with van der Waals surface area (Å²) < 4.78 is 42.2. The quantitative estimate of drug-likeness (QED) is 0.526. The second-order valence-electron chi connectivity index (χ2n) is 8.20. The lowest BCUT2D eigenvalue weighted by Gasteiger charge is -2.35. The van der Waals surface area contributed by atoms with Gasteiger partial charge in [-0.2, -0.15) is 0 Å². The van der Waals surface area contributed by atoms with Crippen LogP contribution in [0.1, 0.15) is 37.4 Å². The molecule has 0 bridgehead atoms. The van der Waals surface area contributed by atoms with Crippen LogP contribution in [0.25, 0.3) is 11.0 Å². The van der Waals surface area contributed by atoms with Crippen molar-refractivity contribution >= 4 is 34.3 Å². The van der Waals surface area contributed by atoms with E-state index in [0.717, 1.165) is 25.0 Å². The van der Waals surface area contributed by atoms with E-state index >= 15 is 4.39 Å². The molecule has 1 atom stereocenters. The Bertz CT molecular complexity index is 1120. The monoisotopic (exact) mass is 447 g/mol. The van der Waals surface area contributed by atoms with Crippen molar-refractivity contribution in [3.05, 3.63) is 52.8 Å². The molecule has 162 valence electrons. The van der Waals surface area contributed by atoms with Gasteiger partial charge in [-0.1, -0.05) is 17.7 Å². The summed E-state index contributed by atoms with van der Waals surface area (Å²) in [4.78, 5) is 15.6. The molecular formula is C22H21ClF3N5. The zero-order valence-corrected chi connectivity index (χ0v) is 17.4. The second kappa shape index (κ2) is 8.15. The SMILES string of the molecule is Fc1ccc(C(F)C2CCN(c3nc4cnc(Cl)cc4nc3NC3CC3)CC2)c(F)c1. The third-order valence-electron chi connectivity index (χ3n) is 5.93. The van der Waals surface area contributed by atoms with Gasteiger partial charge in [-0.05, 0) is 37.7 Å². The maximum absolute atomic E-state index is 15.0. The van der Waals surface area contributed by atoms with Gasteiger partial charge in [-0.15, -0.1) is 0 Å². The van der Waals surface area contributed by atoms with E-state index in [1.54, 1.807) is 12.3 Å². The molecule has 3 aromatic rings. The zero-order chi connectivity index (χ0) is 21.5. The van der Waals surface area contributed by atoms with Gasteiger partial charge in [0, 0.05) is 36.8 Å². The van der Waals surface area contributed by atoms with Crippen molar-refractivity contribution in [2.45, 2.75) is 37.9 Å². The molecule has 2 fully saturated rings. The van der Waals surface area contributed by atoms with Crippen LogP contribution in [-0.2, 0) is 0 Å². The van der Waals surface area contributed by atoms with Gasteiger partial charge >= 0.3 is 0 Å². The van der Waals surface area contributed by atoms with E-state index in [1.165, 1.54) is 6.07 Å². The first-order chi connectivity index (χ1) is 15.0. The van der Waals surface area contributed by atoms with Crippen LogP contribution in [0.2, 0.25) is 5.15 Å². The molecule has 1 aromatic carbocycles. The van der Waals surface area contributed by atoms with Gasteiger partial charge in [0.2, 0.25) is 0 Å². The fourth-order valence-corrected chi connectivity index (χ4v) is 4.20. The molecular weight excluding hydrogens is 427 g/mol. The number of hydrogen-bond donors (Lipinski definition) is 1. The summed E-state index contributed by atoms with van der Waals surface area (Å²) in [6.07, 6.45) is 3.35. The lowest BCUT2D eigenvalue weighted by Crippen LogP contribution is -2.36. The van der Waals surface area contributed by atoms with E-state index in [0.29, 0.717) is 59.8 Å². The van der Waals surface area contributed by atoms with Gasteiger partial charge in [0.05, 0.1) is 11.7 Å². The molecule has 1 N–H and O–H groups in total. The highest BCUT2D eigenvalue weighted by atomic mass is 35.5. The Hall–Kier alpha value is -2.61. The van der Waals surface area contributed by atoms with Crippen LogP contribution >= 0.6 is 11.6 Å². The van der Waals surface area contributed by atoms with Gasteiger partial charge in [-0.3, -0.25) is 0 Å². The summed E-state index contributed by atoms with van der Waals surface area (Å²) in [5.74, 6) is -0.477. The Labute approximate surface area is 182 Å². The van der Waals surface area contributed by atoms with E-state index in [4.69, 9.17) is 21.6 Å². The molecule has 1 saturated carbocycles. The Kier molecular flexibility index (Phi) is 5.33. The number of halogens is 4. The van der Waals surface area contributed by atoms with Gasteiger partial charge in [0.1, 0.15) is 28.5 Å². The van der Waals surface area contributed by atoms with Crippen molar-refractivity contribution < 1.29 is 13.2 Å². The lowest BCUT2D eigenvalue weighted by molar-refractivity contribution is 0.193. The highest BCUT2D eigenvalue weighted by Crippen LogP contribution is 2.38. The second-order valence-corrected chi connectivity index (χ2v) is 8.59. The minimum Gasteiger partial charge on any atom is -0.364 e. The first-order valence-electron chi connectivity index (χ1n) is 10.4. The van der Waals surface area contributed by atoms with Crippen LogP contribution in [0.3, 0.4) is 0 Å². The lowest BCUT2D eigenvalue weighted by atomic mass is 9.88. The van der Waals surface area contributed by atoms with Crippen LogP contribution in [-0.4, -0.2) is 34.1 Å². The molecule has 2 aliphatic rings. The number of anilines is 2. The average Bonchev–Trinajstić information content (AvgIpc) is 3.57. The van der Waals surface area contributed by atoms with Gasteiger partial charge in [0.15, 0.2) is 11.6 Å². The van der Waals surface area contributed by atoms with E-state index < -0.39 is 17.8 Å². The van der Waals surface area contributed by atoms with Crippen molar-refractivity contribution in [3.63, 3.8) is 0 Å². The van der Waals surface area contributed by atoms with E-state index in [9.17, 15) is 8.78 Å². The Morgan fingerprint density at radius 1 is 1.03 bits per heavy atom. The number of alkyl halides is 1. The molecule has 0 radical (unpaired) electrons. The number of pyridine rings is 1. The minimum absolute atomic E-state index is 0.0793. The Morgan fingerprint density at radius 3 is 2.52 bits per heavy atom. The Balaban J connectivity index is 1.36. The zero-order valence-electron chi connectivity index (χ0n) is 16.7. The molecule has 2 aromatic heterocycles. The number of rotatable bonds is 5. The number of piperidine rings is 1. The van der Waals surface area contributed by atoms with E-state index in [2.05, 4.69) is 15.2 Å². The molecule has 1 aliphatic carbocycles. The molecule has 5 rings (SSSR count). The molecule has 1 saturated heterocycles. The summed E-state index contributed by atoms with van der Waals surface area (Å²) in [6, 6.07) is 5.10. The number of benzene rings is 1. The maximum Gasteiger partial charge on any atom is 0.172 e. The first-order valence-corrected chi connectivity index (χ1v) is 10.8. The smallest absolute Gasteiger partial charge is 0.172 e. The van der Waals surface area contributed by atoms with Crippen LogP contribution in [0.4, 0.5) is 24.8 Å².